The molecule has 1 rings (SSSR count). The molecular formula is C12H17NO3. The second-order valence-corrected chi connectivity index (χ2v) is 3.93. The summed E-state index contributed by atoms with van der Waals surface area (Å²) in [5, 5.41) is 9.57. The SMILES string of the molecule is CC(O)(C=O)Cc1ccc(OCCN)cc1. The van der Waals surface area contributed by atoms with Gasteiger partial charge in [-0.15, -0.1) is 0 Å². The fraction of sp³-hybridized carbons (Fsp3) is 0.417. The molecule has 4 heteroatoms. The van der Waals surface area contributed by atoms with Crippen molar-refractivity contribution in [3.8, 4) is 5.75 Å². The molecule has 0 radical (unpaired) electrons. The van der Waals surface area contributed by atoms with Crippen molar-refractivity contribution in [2.45, 2.75) is 18.9 Å². The van der Waals surface area contributed by atoms with Crippen LogP contribution in [0.25, 0.3) is 0 Å². The van der Waals surface area contributed by atoms with Crippen LogP contribution < -0.4 is 10.5 Å². The highest BCUT2D eigenvalue weighted by Crippen LogP contribution is 2.16. The van der Waals surface area contributed by atoms with Gasteiger partial charge in [0.1, 0.15) is 18.0 Å². The Bertz CT molecular complexity index is 333. The quantitative estimate of drug-likeness (QED) is 0.689. The van der Waals surface area contributed by atoms with E-state index in [1.54, 1.807) is 12.1 Å². The second kappa shape index (κ2) is 5.63. The van der Waals surface area contributed by atoms with Gasteiger partial charge in [0.2, 0.25) is 0 Å². The normalized spacial score (nSPS) is 14.2. The Hall–Kier alpha value is -1.39. The van der Waals surface area contributed by atoms with Crippen LogP contribution >= 0.6 is 0 Å². The third kappa shape index (κ3) is 4.00. The molecule has 0 spiro atoms. The second-order valence-electron chi connectivity index (χ2n) is 3.93. The van der Waals surface area contributed by atoms with Crippen LogP contribution in [0.5, 0.6) is 5.75 Å². The van der Waals surface area contributed by atoms with Crippen LogP contribution in [0.3, 0.4) is 0 Å². The summed E-state index contributed by atoms with van der Waals surface area (Å²) in [7, 11) is 0. The molecule has 0 saturated carbocycles. The first-order valence-corrected chi connectivity index (χ1v) is 5.18. The standard InChI is InChI=1S/C12H17NO3/c1-12(15,9-14)8-10-2-4-11(5-3-10)16-7-6-13/h2-5,9,15H,6-8,13H2,1H3. The molecule has 0 saturated heterocycles. The zero-order valence-corrected chi connectivity index (χ0v) is 9.35. The summed E-state index contributed by atoms with van der Waals surface area (Å²) >= 11 is 0. The maximum atomic E-state index is 10.6. The molecule has 0 heterocycles. The van der Waals surface area contributed by atoms with E-state index in [0.29, 0.717) is 25.9 Å². The molecule has 0 aromatic heterocycles. The summed E-state index contributed by atoms with van der Waals surface area (Å²) in [6.45, 7) is 2.44. The van der Waals surface area contributed by atoms with Gasteiger partial charge in [0.05, 0.1) is 0 Å². The van der Waals surface area contributed by atoms with E-state index in [1.165, 1.54) is 6.92 Å². The summed E-state index contributed by atoms with van der Waals surface area (Å²) in [6, 6.07) is 7.24. The lowest BCUT2D eigenvalue weighted by molar-refractivity contribution is -0.122. The highest BCUT2D eigenvalue weighted by molar-refractivity contribution is 5.62. The number of carbonyl (C=O) groups excluding carboxylic acids is 1. The van der Waals surface area contributed by atoms with Crippen LogP contribution in [0, 0.1) is 0 Å². The number of benzene rings is 1. The van der Waals surface area contributed by atoms with Crippen molar-refractivity contribution in [2.24, 2.45) is 5.73 Å². The van der Waals surface area contributed by atoms with Gasteiger partial charge in [-0.1, -0.05) is 12.1 Å². The number of hydrogen-bond donors (Lipinski definition) is 2. The monoisotopic (exact) mass is 223 g/mol. The number of nitrogens with two attached hydrogens (primary N) is 1. The van der Waals surface area contributed by atoms with E-state index in [2.05, 4.69) is 0 Å². The van der Waals surface area contributed by atoms with Gasteiger partial charge in [-0.25, -0.2) is 0 Å². The fourth-order valence-corrected chi connectivity index (χ4v) is 1.34. The molecule has 0 aliphatic carbocycles. The average Bonchev–Trinajstić information content (AvgIpc) is 2.28. The summed E-state index contributed by atoms with van der Waals surface area (Å²) in [5.74, 6) is 0.736. The number of hydrogen-bond acceptors (Lipinski definition) is 4. The lowest BCUT2D eigenvalue weighted by Gasteiger charge is -2.15. The largest absolute Gasteiger partial charge is 0.492 e. The molecule has 88 valence electrons. The van der Waals surface area contributed by atoms with Crippen LogP contribution in [0.4, 0.5) is 0 Å². The minimum atomic E-state index is -1.31. The van der Waals surface area contributed by atoms with E-state index in [1.807, 2.05) is 12.1 Å². The fourth-order valence-electron chi connectivity index (χ4n) is 1.34. The van der Waals surface area contributed by atoms with Crippen molar-refractivity contribution in [1.29, 1.82) is 0 Å². The van der Waals surface area contributed by atoms with E-state index < -0.39 is 5.60 Å². The molecule has 1 atom stereocenters. The third-order valence-electron chi connectivity index (χ3n) is 2.13. The van der Waals surface area contributed by atoms with E-state index in [0.717, 1.165) is 11.3 Å². The van der Waals surface area contributed by atoms with Crippen molar-refractivity contribution in [2.75, 3.05) is 13.2 Å². The summed E-state index contributed by atoms with van der Waals surface area (Å²) in [5.41, 5.74) is 4.89. The smallest absolute Gasteiger partial charge is 0.151 e. The first-order chi connectivity index (χ1) is 7.57. The average molecular weight is 223 g/mol. The van der Waals surface area contributed by atoms with E-state index in [-0.39, 0.29) is 0 Å². The Labute approximate surface area is 95.0 Å². The highest BCUT2D eigenvalue weighted by atomic mass is 16.5. The lowest BCUT2D eigenvalue weighted by Crippen LogP contribution is -2.28. The molecule has 16 heavy (non-hydrogen) atoms. The Morgan fingerprint density at radius 3 is 2.56 bits per heavy atom. The zero-order valence-electron chi connectivity index (χ0n) is 9.35. The number of aldehydes is 1. The number of ether oxygens (including phenoxy) is 1. The van der Waals surface area contributed by atoms with Gasteiger partial charge in [0, 0.05) is 13.0 Å². The minimum absolute atomic E-state index is 0.299. The minimum Gasteiger partial charge on any atom is -0.492 e. The number of rotatable bonds is 6. The first kappa shape index (κ1) is 12.7. The van der Waals surface area contributed by atoms with E-state index in [9.17, 15) is 9.90 Å². The van der Waals surface area contributed by atoms with Gasteiger partial charge in [0.25, 0.3) is 0 Å². The van der Waals surface area contributed by atoms with Gasteiger partial charge in [-0.05, 0) is 24.6 Å². The molecule has 0 amide bonds. The third-order valence-corrected chi connectivity index (χ3v) is 2.13. The number of aliphatic hydroxyl groups is 1. The molecule has 0 bridgehead atoms. The van der Waals surface area contributed by atoms with Gasteiger partial charge >= 0.3 is 0 Å². The van der Waals surface area contributed by atoms with Crippen LogP contribution in [0.2, 0.25) is 0 Å². The Kier molecular flexibility index (Phi) is 4.46. The molecule has 1 aromatic carbocycles. The topological polar surface area (TPSA) is 72.5 Å². The van der Waals surface area contributed by atoms with E-state index in [4.69, 9.17) is 10.5 Å². The Morgan fingerprint density at radius 1 is 1.44 bits per heavy atom. The molecule has 4 nitrogen and oxygen atoms in total. The number of carbonyl (C=O) groups is 1. The highest BCUT2D eigenvalue weighted by Gasteiger charge is 2.19. The van der Waals surface area contributed by atoms with Crippen LogP contribution in [0.15, 0.2) is 24.3 Å². The maximum Gasteiger partial charge on any atom is 0.151 e. The zero-order chi connectivity index (χ0) is 12.0. The van der Waals surface area contributed by atoms with Gasteiger partial charge in [0.15, 0.2) is 6.29 Å². The summed E-state index contributed by atoms with van der Waals surface area (Å²) in [6.07, 6.45) is 0.847. The van der Waals surface area contributed by atoms with Crippen molar-refractivity contribution >= 4 is 6.29 Å². The van der Waals surface area contributed by atoms with Crippen LogP contribution in [-0.2, 0) is 11.2 Å². The molecule has 1 unspecified atom stereocenters. The molecule has 0 aliphatic heterocycles. The summed E-state index contributed by atoms with van der Waals surface area (Å²) < 4.78 is 5.31. The van der Waals surface area contributed by atoms with Crippen molar-refractivity contribution < 1.29 is 14.6 Å². The predicted octanol–water partition coefficient (Wildman–Crippen LogP) is 0.516. The van der Waals surface area contributed by atoms with E-state index >= 15 is 0 Å². The van der Waals surface area contributed by atoms with Crippen molar-refractivity contribution in [3.05, 3.63) is 29.8 Å². The predicted molar refractivity (Wildman–Crippen MR) is 61.4 cm³/mol. The molecule has 1 aromatic rings. The van der Waals surface area contributed by atoms with Crippen molar-refractivity contribution in [3.63, 3.8) is 0 Å². The molecular weight excluding hydrogens is 206 g/mol. The Balaban J connectivity index is 2.61. The van der Waals surface area contributed by atoms with Gasteiger partial charge in [-0.3, -0.25) is 0 Å². The molecule has 0 aliphatic rings. The molecule has 0 fully saturated rings. The molecule has 3 N–H and O–H groups in total. The Morgan fingerprint density at radius 2 is 2.06 bits per heavy atom. The van der Waals surface area contributed by atoms with Gasteiger partial charge < -0.3 is 20.4 Å². The van der Waals surface area contributed by atoms with Crippen LogP contribution in [-0.4, -0.2) is 30.1 Å². The van der Waals surface area contributed by atoms with Gasteiger partial charge in [-0.2, -0.15) is 0 Å². The van der Waals surface area contributed by atoms with Crippen LogP contribution in [0.1, 0.15) is 12.5 Å². The first-order valence-electron chi connectivity index (χ1n) is 5.18. The lowest BCUT2D eigenvalue weighted by atomic mass is 9.98. The summed E-state index contributed by atoms with van der Waals surface area (Å²) in [4.78, 5) is 10.6. The van der Waals surface area contributed by atoms with Crippen molar-refractivity contribution in [1.82, 2.24) is 0 Å². The maximum absolute atomic E-state index is 10.6.